The average Bonchev–Trinajstić information content (AvgIpc) is 2.09. The van der Waals surface area contributed by atoms with Crippen molar-refractivity contribution in [3.8, 4) is 18.1 Å². The molecule has 0 aliphatic heterocycles. The van der Waals surface area contributed by atoms with Gasteiger partial charge in [-0.2, -0.15) is 0 Å². The van der Waals surface area contributed by atoms with Crippen molar-refractivity contribution in [2.75, 3.05) is 12.3 Å². The lowest BCUT2D eigenvalue weighted by Crippen LogP contribution is -1.99. The molecule has 0 spiro atoms. The Hall–Kier alpha value is -1.62. The van der Waals surface area contributed by atoms with E-state index in [2.05, 4.69) is 5.92 Å². The summed E-state index contributed by atoms with van der Waals surface area (Å²) in [7, 11) is 0. The van der Waals surface area contributed by atoms with Crippen LogP contribution in [0.5, 0.6) is 5.75 Å². The number of rotatable bonds is 3. The fraction of sp³-hybridized carbons (Fsp3) is 0.273. The van der Waals surface area contributed by atoms with Gasteiger partial charge in [-0.25, -0.2) is 0 Å². The Labute approximate surface area is 78.7 Å². The summed E-state index contributed by atoms with van der Waals surface area (Å²) in [6.07, 6.45) is 5.70. The fourth-order valence-corrected chi connectivity index (χ4v) is 1.02. The van der Waals surface area contributed by atoms with Gasteiger partial charge in [0.2, 0.25) is 0 Å². The number of ether oxygens (including phenoxy) is 1. The zero-order valence-electron chi connectivity index (χ0n) is 7.71. The van der Waals surface area contributed by atoms with Gasteiger partial charge in [0.1, 0.15) is 5.75 Å². The molecule has 0 heterocycles. The number of terminal acetylenes is 1. The van der Waals surface area contributed by atoms with Crippen LogP contribution >= 0.6 is 0 Å². The molecule has 0 amide bonds. The molecule has 0 radical (unpaired) electrons. The van der Waals surface area contributed by atoms with Crippen molar-refractivity contribution in [3.63, 3.8) is 0 Å². The number of nitrogen functional groups attached to an aromatic ring is 1. The standard InChI is InChI=1S/C11H13NO/c1-3-4-7-13-11-6-5-9(2)8-10(11)12/h1,5-6,8H,4,7,12H2,2H3. The van der Waals surface area contributed by atoms with Crippen molar-refractivity contribution >= 4 is 5.69 Å². The molecule has 0 fully saturated rings. The molecule has 0 saturated carbocycles. The van der Waals surface area contributed by atoms with E-state index < -0.39 is 0 Å². The lowest BCUT2D eigenvalue weighted by Gasteiger charge is -2.07. The highest BCUT2D eigenvalue weighted by molar-refractivity contribution is 5.53. The number of benzene rings is 1. The molecule has 2 N–H and O–H groups in total. The Morgan fingerprint density at radius 3 is 2.92 bits per heavy atom. The van der Waals surface area contributed by atoms with Crippen molar-refractivity contribution in [1.29, 1.82) is 0 Å². The van der Waals surface area contributed by atoms with E-state index in [-0.39, 0.29) is 0 Å². The molecule has 0 bridgehead atoms. The van der Waals surface area contributed by atoms with Gasteiger partial charge in [0.15, 0.2) is 0 Å². The van der Waals surface area contributed by atoms with Crippen molar-refractivity contribution in [3.05, 3.63) is 23.8 Å². The number of aryl methyl sites for hydroxylation is 1. The highest BCUT2D eigenvalue weighted by atomic mass is 16.5. The Kier molecular flexibility index (Phi) is 3.22. The normalized spacial score (nSPS) is 9.23. The maximum absolute atomic E-state index is 5.73. The molecule has 0 unspecified atom stereocenters. The zero-order chi connectivity index (χ0) is 9.68. The van der Waals surface area contributed by atoms with Crippen molar-refractivity contribution in [2.24, 2.45) is 0 Å². The minimum atomic E-state index is 0.518. The van der Waals surface area contributed by atoms with Crippen LogP contribution in [0.15, 0.2) is 18.2 Å². The maximum atomic E-state index is 5.73. The van der Waals surface area contributed by atoms with Gasteiger partial charge in [0, 0.05) is 6.42 Å². The molecule has 13 heavy (non-hydrogen) atoms. The summed E-state index contributed by atoms with van der Waals surface area (Å²) in [6, 6.07) is 5.70. The van der Waals surface area contributed by atoms with Crippen LogP contribution in [-0.4, -0.2) is 6.61 Å². The van der Waals surface area contributed by atoms with Gasteiger partial charge in [0.25, 0.3) is 0 Å². The highest BCUT2D eigenvalue weighted by Gasteiger charge is 1.98. The predicted octanol–water partition coefficient (Wildman–Crippen LogP) is 1.98. The van der Waals surface area contributed by atoms with Gasteiger partial charge in [0.05, 0.1) is 12.3 Å². The van der Waals surface area contributed by atoms with E-state index in [1.165, 1.54) is 0 Å². The van der Waals surface area contributed by atoms with Gasteiger partial charge in [-0.1, -0.05) is 6.07 Å². The average molecular weight is 175 g/mol. The van der Waals surface area contributed by atoms with Crippen LogP contribution in [0.3, 0.4) is 0 Å². The highest BCUT2D eigenvalue weighted by Crippen LogP contribution is 2.21. The third kappa shape index (κ3) is 2.72. The molecule has 2 heteroatoms. The number of nitrogens with two attached hydrogens (primary N) is 1. The third-order valence-electron chi connectivity index (χ3n) is 1.67. The van der Waals surface area contributed by atoms with Gasteiger partial charge >= 0.3 is 0 Å². The Morgan fingerprint density at radius 2 is 2.31 bits per heavy atom. The van der Waals surface area contributed by atoms with Crippen molar-refractivity contribution < 1.29 is 4.74 Å². The predicted molar refractivity (Wildman–Crippen MR) is 54.5 cm³/mol. The second-order valence-corrected chi connectivity index (χ2v) is 2.84. The SMILES string of the molecule is C#CCCOc1ccc(C)cc1N. The van der Waals surface area contributed by atoms with E-state index in [0.29, 0.717) is 24.5 Å². The first-order chi connectivity index (χ1) is 6.24. The summed E-state index contributed by atoms with van der Waals surface area (Å²) >= 11 is 0. The molecule has 1 rings (SSSR count). The van der Waals surface area contributed by atoms with Crippen LogP contribution in [-0.2, 0) is 0 Å². The number of anilines is 1. The Balaban J connectivity index is 2.62. The summed E-state index contributed by atoms with van der Waals surface area (Å²) < 4.78 is 5.36. The monoisotopic (exact) mass is 175 g/mol. The molecule has 1 aromatic carbocycles. The second kappa shape index (κ2) is 4.42. The molecular weight excluding hydrogens is 162 g/mol. The van der Waals surface area contributed by atoms with Crippen LogP contribution in [0.4, 0.5) is 5.69 Å². The largest absolute Gasteiger partial charge is 0.490 e. The maximum Gasteiger partial charge on any atom is 0.142 e. The molecule has 68 valence electrons. The molecular formula is C11H13NO. The van der Waals surface area contributed by atoms with E-state index in [0.717, 1.165) is 5.56 Å². The minimum Gasteiger partial charge on any atom is -0.490 e. The second-order valence-electron chi connectivity index (χ2n) is 2.84. The van der Waals surface area contributed by atoms with Crippen LogP contribution in [0.1, 0.15) is 12.0 Å². The zero-order valence-corrected chi connectivity index (χ0v) is 7.71. The molecule has 0 atom stereocenters. The first-order valence-corrected chi connectivity index (χ1v) is 4.16. The molecule has 0 aliphatic carbocycles. The first kappa shape index (κ1) is 9.47. The first-order valence-electron chi connectivity index (χ1n) is 4.16. The fourth-order valence-electron chi connectivity index (χ4n) is 1.02. The van der Waals surface area contributed by atoms with Crippen LogP contribution in [0, 0.1) is 19.3 Å². The van der Waals surface area contributed by atoms with Crippen LogP contribution in [0.25, 0.3) is 0 Å². The lowest BCUT2D eigenvalue weighted by atomic mass is 10.2. The number of hydrogen-bond acceptors (Lipinski definition) is 2. The molecule has 0 aromatic heterocycles. The van der Waals surface area contributed by atoms with E-state index in [1.807, 2.05) is 25.1 Å². The Bertz CT molecular complexity index is 325. The molecule has 1 aromatic rings. The summed E-state index contributed by atoms with van der Waals surface area (Å²) in [5, 5.41) is 0. The molecule has 0 aliphatic rings. The van der Waals surface area contributed by atoms with Crippen LogP contribution < -0.4 is 10.5 Å². The minimum absolute atomic E-state index is 0.518. The lowest BCUT2D eigenvalue weighted by molar-refractivity contribution is 0.329. The third-order valence-corrected chi connectivity index (χ3v) is 1.67. The molecule has 2 nitrogen and oxygen atoms in total. The van der Waals surface area contributed by atoms with Crippen molar-refractivity contribution in [1.82, 2.24) is 0 Å². The van der Waals surface area contributed by atoms with E-state index in [9.17, 15) is 0 Å². The number of hydrogen-bond donors (Lipinski definition) is 1. The van der Waals surface area contributed by atoms with Gasteiger partial charge in [-0.15, -0.1) is 12.3 Å². The van der Waals surface area contributed by atoms with E-state index in [1.54, 1.807) is 0 Å². The van der Waals surface area contributed by atoms with Gasteiger partial charge in [-0.3, -0.25) is 0 Å². The van der Waals surface area contributed by atoms with E-state index >= 15 is 0 Å². The van der Waals surface area contributed by atoms with Crippen molar-refractivity contribution in [2.45, 2.75) is 13.3 Å². The quantitative estimate of drug-likeness (QED) is 0.433. The summed E-state index contributed by atoms with van der Waals surface area (Å²) in [5.41, 5.74) is 7.52. The van der Waals surface area contributed by atoms with E-state index in [4.69, 9.17) is 16.9 Å². The summed E-state index contributed by atoms with van der Waals surface area (Å²) in [6.45, 7) is 2.51. The topological polar surface area (TPSA) is 35.2 Å². The summed E-state index contributed by atoms with van der Waals surface area (Å²) in [5.74, 6) is 3.21. The van der Waals surface area contributed by atoms with Gasteiger partial charge in [-0.05, 0) is 24.6 Å². The molecule has 0 saturated heterocycles. The summed E-state index contributed by atoms with van der Waals surface area (Å²) in [4.78, 5) is 0. The Morgan fingerprint density at radius 1 is 1.54 bits per heavy atom. The van der Waals surface area contributed by atoms with Gasteiger partial charge < -0.3 is 10.5 Å². The smallest absolute Gasteiger partial charge is 0.142 e. The van der Waals surface area contributed by atoms with Crippen LogP contribution in [0.2, 0.25) is 0 Å².